The summed E-state index contributed by atoms with van der Waals surface area (Å²) < 4.78 is 11.4. The lowest BCUT2D eigenvalue weighted by atomic mass is 9.99. The van der Waals surface area contributed by atoms with Crippen molar-refractivity contribution >= 4 is 22.7 Å². The third kappa shape index (κ3) is 4.94. The van der Waals surface area contributed by atoms with Crippen molar-refractivity contribution in [2.75, 3.05) is 11.9 Å². The monoisotopic (exact) mass is 414 g/mol. The molecule has 1 amide bonds. The zero-order chi connectivity index (χ0) is 21.8. The van der Waals surface area contributed by atoms with Gasteiger partial charge in [0.15, 0.2) is 12.2 Å². The Balaban J connectivity index is 1.34. The number of nitrogens with zero attached hydrogens (tertiary/aromatic N) is 1. The molecule has 1 aromatic heterocycles. The van der Waals surface area contributed by atoms with Gasteiger partial charge in [-0.25, -0.2) is 4.98 Å². The normalized spacial score (nSPS) is 12.0. The number of carbonyl (C=O) groups is 1. The first kappa shape index (κ1) is 20.7. The predicted octanol–water partition coefficient (Wildman–Crippen LogP) is 6.33. The van der Waals surface area contributed by atoms with Crippen LogP contribution < -0.4 is 10.1 Å². The SMILES string of the molecule is CCC(C)c1ccc(OCC(=O)Nc2ccc(-c3nc4cc(C)ccc4o3)cc2)cc1. The number of nitrogens with one attached hydrogen (secondary N) is 1. The molecule has 31 heavy (non-hydrogen) atoms. The topological polar surface area (TPSA) is 64.4 Å². The first-order valence-corrected chi connectivity index (χ1v) is 10.5. The largest absolute Gasteiger partial charge is 0.484 e. The van der Waals surface area contributed by atoms with E-state index in [-0.39, 0.29) is 12.5 Å². The van der Waals surface area contributed by atoms with Gasteiger partial charge >= 0.3 is 0 Å². The Bertz CT molecular complexity index is 1180. The van der Waals surface area contributed by atoms with Crippen LogP contribution in [-0.2, 0) is 4.79 Å². The third-order valence-corrected chi connectivity index (χ3v) is 5.39. The minimum absolute atomic E-state index is 0.0467. The number of aromatic nitrogens is 1. The fourth-order valence-corrected chi connectivity index (χ4v) is 3.33. The standard InChI is InChI=1S/C26H26N2O3/c1-4-18(3)19-8-12-22(13-9-19)30-16-25(29)27-21-10-6-20(7-11-21)26-28-23-15-17(2)5-14-24(23)31-26/h5-15,18H,4,16H2,1-3H3,(H,27,29). The first-order chi connectivity index (χ1) is 15.0. The summed E-state index contributed by atoms with van der Waals surface area (Å²) >= 11 is 0. The number of anilines is 1. The molecular formula is C26H26N2O3. The van der Waals surface area contributed by atoms with E-state index in [1.807, 2.05) is 73.7 Å². The van der Waals surface area contributed by atoms with Crippen molar-refractivity contribution in [3.63, 3.8) is 0 Å². The summed E-state index contributed by atoms with van der Waals surface area (Å²) in [5, 5.41) is 2.85. The van der Waals surface area contributed by atoms with Crippen LogP contribution in [0.15, 0.2) is 71.1 Å². The fraction of sp³-hybridized carbons (Fsp3) is 0.231. The molecular weight excluding hydrogens is 388 g/mol. The molecule has 0 radical (unpaired) electrons. The first-order valence-electron chi connectivity index (χ1n) is 10.5. The molecule has 0 fully saturated rings. The second-order valence-electron chi connectivity index (χ2n) is 7.78. The number of ether oxygens (including phenoxy) is 1. The van der Waals surface area contributed by atoms with Crippen LogP contribution in [0.25, 0.3) is 22.6 Å². The van der Waals surface area contributed by atoms with E-state index >= 15 is 0 Å². The molecule has 5 heteroatoms. The van der Waals surface area contributed by atoms with Gasteiger partial charge in [-0.15, -0.1) is 0 Å². The number of aryl methyl sites for hydroxylation is 1. The zero-order valence-corrected chi connectivity index (χ0v) is 18.0. The van der Waals surface area contributed by atoms with Crippen LogP contribution in [0, 0.1) is 6.92 Å². The molecule has 0 aliphatic heterocycles. The third-order valence-electron chi connectivity index (χ3n) is 5.39. The highest BCUT2D eigenvalue weighted by molar-refractivity contribution is 5.92. The van der Waals surface area contributed by atoms with Crippen molar-refractivity contribution in [3.05, 3.63) is 77.9 Å². The molecule has 0 aliphatic rings. The van der Waals surface area contributed by atoms with Crippen LogP contribution in [0.5, 0.6) is 5.75 Å². The Kier molecular flexibility index (Phi) is 6.03. The van der Waals surface area contributed by atoms with Gasteiger partial charge in [-0.2, -0.15) is 0 Å². The molecule has 158 valence electrons. The number of hydrogen-bond acceptors (Lipinski definition) is 4. The van der Waals surface area contributed by atoms with Gasteiger partial charge in [0.05, 0.1) is 0 Å². The summed E-state index contributed by atoms with van der Waals surface area (Å²) in [4.78, 5) is 16.8. The molecule has 0 spiro atoms. The Morgan fingerprint density at radius 3 is 2.52 bits per heavy atom. The van der Waals surface area contributed by atoms with Crippen LogP contribution in [0.3, 0.4) is 0 Å². The lowest BCUT2D eigenvalue weighted by Crippen LogP contribution is -2.20. The van der Waals surface area contributed by atoms with E-state index in [2.05, 4.69) is 24.1 Å². The van der Waals surface area contributed by atoms with Crippen molar-refractivity contribution in [1.82, 2.24) is 4.98 Å². The average molecular weight is 415 g/mol. The molecule has 0 saturated carbocycles. The highest BCUT2D eigenvalue weighted by Gasteiger charge is 2.10. The summed E-state index contributed by atoms with van der Waals surface area (Å²) in [6.07, 6.45) is 1.09. The number of fused-ring (bicyclic) bond motifs is 1. The molecule has 1 unspecified atom stereocenters. The van der Waals surface area contributed by atoms with E-state index in [4.69, 9.17) is 9.15 Å². The van der Waals surface area contributed by atoms with Gasteiger partial charge < -0.3 is 14.5 Å². The number of rotatable bonds is 7. The van der Waals surface area contributed by atoms with Crippen molar-refractivity contribution in [2.45, 2.75) is 33.1 Å². The van der Waals surface area contributed by atoms with Gasteiger partial charge in [-0.1, -0.05) is 32.0 Å². The van der Waals surface area contributed by atoms with E-state index in [1.54, 1.807) is 0 Å². The lowest BCUT2D eigenvalue weighted by molar-refractivity contribution is -0.118. The Labute approximate surface area is 182 Å². The summed E-state index contributed by atoms with van der Waals surface area (Å²) in [6, 6.07) is 21.2. The average Bonchev–Trinajstić information content (AvgIpc) is 3.21. The van der Waals surface area contributed by atoms with Crippen molar-refractivity contribution in [3.8, 4) is 17.2 Å². The molecule has 1 heterocycles. The summed E-state index contributed by atoms with van der Waals surface area (Å²) in [5.74, 6) is 1.54. The van der Waals surface area contributed by atoms with E-state index in [9.17, 15) is 4.79 Å². The molecule has 0 aliphatic carbocycles. The van der Waals surface area contributed by atoms with Gasteiger partial charge in [-0.3, -0.25) is 4.79 Å². The summed E-state index contributed by atoms with van der Waals surface area (Å²) in [6.45, 7) is 6.34. The summed E-state index contributed by atoms with van der Waals surface area (Å²) in [7, 11) is 0. The number of amides is 1. The smallest absolute Gasteiger partial charge is 0.262 e. The van der Waals surface area contributed by atoms with Crippen molar-refractivity contribution in [1.29, 1.82) is 0 Å². The van der Waals surface area contributed by atoms with E-state index in [1.165, 1.54) is 5.56 Å². The molecule has 1 N–H and O–H groups in total. The molecule has 5 nitrogen and oxygen atoms in total. The Morgan fingerprint density at radius 2 is 1.81 bits per heavy atom. The van der Waals surface area contributed by atoms with Gasteiger partial charge in [0, 0.05) is 11.3 Å². The molecule has 4 aromatic rings. The maximum Gasteiger partial charge on any atom is 0.262 e. The molecule has 4 rings (SSSR count). The van der Waals surface area contributed by atoms with Crippen LogP contribution in [-0.4, -0.2) is 17.5 Å². The molecule has 0 saturated heterocycles. The highest BCUT2D eigenvalue weighted by Crippen LogP contribution is 2.26. The van der Waals surface area contributed by atoms with Crippen LogP contribution >= 0.6 is 0 Å². The van der Waals surface area contributed by atoms with Crippen LogP contribution in [0.4, 0.5) is 5.69 Å². The number of oxazole rings is 1. The quantitative estimate of drug-likeness (QED) is 0.383. The van der Waals surface area contributed by atoms with E-state index in [0.29, 0.717) is 23.2 Å². The maximum atomic E-state index is 12.2. The molecule has 1 atom stereocenters. The highest BCUT2D eigenvalue weighted by atomic mass is 16.5. The predicted molar refractivity (Wildman–Crippen MR) is 123 cm³/mol. The van der Waals surface area contributed by atoms with Crippen LogP contribution in [0.2, 0.25) is 0 Å². The van der Waals surface area contributed by atoms with Crippen molar-refractivity contribution in [2.24, 2.45) is 0 Å². The minimum Gasteiger partial charge on any atom is -0.484 e. The van der Waals surface area contributed by atoms with Gasteiger partial charge in [0.2, 0.25) is 5.89 Å². The molecule has 0 bridgehead atoms. The van der Waals surface area contributed by atoms with E-state index < -0.39 is 0 Å². The fourth-order valence-electron chi connectivity index (χ4n) is 3.33. The maximum absolute atomic E-state index is 12.2. The van der Waals surface area contributed by atoms with Crippen molar-refractivity contribution < 1.29 is 13.9 Å². The minimum atomic E-state index is -0.212. The molecule has 3 aromatic carbocycles. The van der Waals surface area contributed by atoms with Gasteiger partial charge in [0.25, 0.3) is 5.91 Å². The Hall–Kier alpha value is -3.60. The zero-order valence-electron chi connectivity index (χ0n) is 18.0. The Morgan fingerprint density at radius 1 is 1.06 bits per heavy atom. The van der Waals surface area contributed by atoms with Gasteiger partial charge in [0.1, 0.15) is 11.3 Å². The number of hydrogen-bond donors (Lipinski definition) is 1. The summed E-state index contributed by atoms with van der Waals surface area (Å²) in [5.41, 5.74) is 5.54. The van der Waals surface area contributed by atoms with E-state index in [0.717, 1.165) is 28.6 Å². The second kappa shape index (κ2) is 9.04. The number of benzene rings is 3. The van der Waals surface area contributed by atoms with Crippen LogP contribution in [0.1, 0.15) is 37.3 Å². The van der Waals surface area contributed by atoms with Gasteiger partial charge in [-0.05, 0) is 78.9 Å². The lowest BCUT2D eigenvalue weighted by Gasteiger charge is -2.11. The number of carbonyl (C=O) groups excluding carboxylic acids is 1. The second-order valence-corrected chi connectivity index (χ2v) is 7.78.